The molecule has 0 aliphatic rings. The van der Waals surface area contributed by atoms with Crippen LogP contribution in [0.1, 0.15) is 42.5 Å². The largest absolute Gasteiger partial charge is 0.451 e. The van der Waals surface area contributed by atoms with Gasteiger partial charge in [0.1, 0.15) is 5.58 Å². The highest BCUT2D eigenvalue weighted by Gasteiger charge is 2.26. The van der Waals surface area contributed by atoms with Crippen LogP contribution in [-0.2, 0) is 16.6 Å². The first-order chi connectivity index (χ1) is 14.3. The van der Waals surface area contributed by atoms with Crippen molar-refractivity contribution in [1.29, 1.82) is 0 Å². The predicted octanol–water partition coefficient (Wildman–Crippen LogP) is 4.43. The molecule has 0 fully saturated rings. The Balaban J connectivity index is 1.97. The summed E-state index contributed by atoms with van der Waals surface area (Å²) in [6.45, 7) is 9.15. The normalized spacial score (nSPS) is 11.9. The van der Waals surface area contributed by atoms with E-state index in [4.69, 9.17) is 4.42 Å². The second-order valence-electron chi connectivity index (χ2n) is 7.11. The van der Waals surface area contributed by atoms with Crippen molar-refractivity contribution < 1.29 is 17.6 Å². The van der Waals surface area contributed by atoms with Crippen molar-refractivity contribution in [2.45, 2.75) is 39.1 Å². The minimum absolute atomic E-state index is 0.205. The fourth-order valence-corrected chi connectivity index (χ4v) is 5.04. The summed E-state index contributed by atoms with van der Waals surface area (Å²) < 4.78 is 33.0. The minimum atomic E-state index is -3.59. The molecule has 6 nitrogen and oxygen atoms in total. The van der Waals surface area contributed by atoms with E-state index in [1.54, 1.807) is 24.0 Å². The van der Waals surface area contributed by atoms with Gasteiger partial charge in [0.05, 0.1) is 4.90 Å². The lowest BCUT2D eigenvalue weighted by atomic mass is 10.1. The van der Waals surface area contributed by atoms with Gasteiger partial charge < -0.3 is 9.32 Å². The Hall–Kier alpha value is -2.64. The number of hydrogen-bond donors (Lipinski definition) is 0. The highest BCUT2D eigenvalue weighted by Crippen LogP contribution is 2.30. The number of benzene rings is 2. The number of rotatable bonds is 8. The summed E-state index contributed by atoms with van der Waals surface area (Å²) in [6.07, 6.45) is 0. The molecular weight excluding hydrogens is 400 g/mol. The van der Waals surface area contributed by atoms with Crippen molar-refractivity contribution in [2.24, 2.45) is 0 Å². The molecule has 0 bridgehead atoms. The third-order valence-electron chi connectivity index (χ3n) is 5.33. The Morgan fingerprint density at radius 3 is 2.23 bits per heavy atom. The van der Waals surface area contributed by atoms with Crippen LogP contribution in [0.4, 0.5) is 0 Å². The predicted molar refractivity (Wildman–Crippen MR) is 118 cm³/mol. The molecule has 3 aromatic rings. The zero-order valence-electron chi connectivity index (χ0n) is 17.9. The Kier molecular flexibility index (Phi) is 6.63. The van der Waals surface area contributed by atoms with Crippen molar-refractivity contribution in [2.75, 3.05) is 19.6 Å². The number of amides is 1. The second kappa shape index (κ2) is 9.02. The molecule has 0 atom stereocenters. The maximum Gasteiger partial charge on any atom is 0.290 e. The third kappa shape index (κ3) is 4.13. The van der Waals surface area contributed by atoms with Crippen molar-refractivity contribution in [3.63, 3.8) is 0 Å². The summed E-state index contributed by atoms with van der Waals surface area (Å²) in [5.41, 5.74) is 2.19. The molecule has 1 amide bonds. The molecular formula is C23H28N2O4S. The van der Waals surface area contributed by atoms with E-state index in [9.17, 15) is 13.2 Å². The number of aryl methyl sites for hydroxylation is 1. The van der Waals surface area contributed by atoms with Crippen molar-refractivity contribution in [3.8, 4) is 0 Å². The first-order valence-corrected chi connectivity index (χ1v) is 11.6. The van der Waals surface area contributed by atoms with Gasteiger partial charge in [0.25, 0.3) is 5.91 Å². The van der Waals surface area contributed by atoms with Gasteiger partial charge in [-0.05, 0) is 37.6 Å². The number of carbonyl (C=O) groups excluding carboxylic acids is 1. The maximum absolute atomic E-state index is 13.2. The number of nitrogens with zero attached hydrogens (tertiary/aromatic N) is 2. The Labute approximate surface area is 178 Å². The van der Waals surface area contributed by atoms with E-state index in [0.717, 1.165) is 5.56 Å². The quantitative estimate of drug-likeness (QED) is 0.532. The van der Waals surface area contributed by atoms with E-state index in [1.807, 2.05) is 51.1 Å². The third-order valence-corrected chi connectivity index (χ3v) is 7.38. The average Bonchev–Trinajstić information content (AvgIpc) is 3.09. The Morgan fingerprint density at radius 2 is 1.63 bits per heavy atom. The number of fused-ring (bicyclic) bond motifs is 1. The van der Waals surface area contributed by atoms with E-state index in [-0.39, 0.29) is 16.6 Å². The van der Waals surface area contributed by atoms with Crippen LogP contribution >= 0.6 is 0 Å². The van der Waals surface area contributed by atoms with Crippen LogP contribution < -0.4 is 0 Å². The molecule has 0 radical (unpaired) electrons. The molecule has 0 aliphatic heterocycles. The molecule has 0 N–H and O–H groups in total. The Morgan fingerprint density at radius 1 is 0.967 bits per heavy atom. The second-order valence-corrected chi connectivity index (χ2v) is 9.05. The van der Waals surface area contributed by atoms with Crippen LogP contribution in [0.2, 0.25) is 0 Å². The molecule has 0 unspecified atom stereocenters. The summed E-state index contributed by atoms with van der Waals surface area (Å²) in [5.74, 6) is 0.0448. The summed E-state index contributed by atoms with van der Waals surface area (Å²) in [6, 6.07) is 14.5. The van der Waals surface area contributed by atoms with Crippen molar-refractivity contribution in [1.82, 2.24) is 9.21 Å². The highest BCUT2D eigenvalue weighted by molar-refractivity contribution is 7.89. The van der Waals surface area contributed by atoms with Gasteiger partial charge in [-0.2, -0.15) is 4.31 Å². The van der Waals surface area contributed by atoms with Crippen LogP contribution in [0, 0.1) is 6.92 Å². The number of carbonyl (C=O) groups is 1. The first kappa shape index (κ1) is 22.1. The summed E-state index contributed by atoms with van der Waals surface area (Å²) in [5, 5.41) is 0.641. The van der Waals surface area contributed by atoms with Gasteiger partial charge >= 0.3 is 0 Å². The van der Waals surface area contributed by atoms with Gasteiger partial charge in [-0.3, -0.25) is 4.79 Å². The van der Waals surface area contributed by atoms with Gasteiger partial charge in [-0.1, -0.05) is 44.2 Å². The van der Waals surface area contributed by atoms with Gasteiger partial charge in [0.2, 0.25) is 10.0 Å². The molecule has 0 saturated carbocycles. The summed E-state index contributed by atoms with van der Waals surface area (Å²) in [7, 11) is -3.59. The SMILES string of the molecule is CCN(Cc1ccccc1)C(=O)c1oc2ccc(S(=O)(=O)N(CC)CC)cc2c1C. The lowest BCUT2D eigenvalue weighted by Gasteiger charge is -2.20. The first-order valence-electron chi connectivity index (χ1n) is 10.2. The van der Waals surface area contributed by atoms with Gasteiger partial charge in [-0.25, -0.2) is 8.42 Å². The topological polar surface area (TPSA) is 70.8 Å². The van der Waals surface area contributed by atoms with E-state index >= 15 is 0 Å². The molecule has 0 spiro atoms. The van der Waals surface area contributed by atoms with Crippen LogP contribution in [-0.4, -0.2) is 43.2 Å². The molecule has 0 aliphatic carbocycles. The number of furan rings is 1. The van der Waals surface area contributed by atoms with Gasteiger partial charge in [-0.15, -0.1) is 0 Å². The molecule has 1 aromatic heterocycles. The van der Waals surface area contributed by atoms with Gasteiger partial charge in [0, 0.05) is 37.1 Å². The van der Waals surface area contributed by atoms with Crippen LogP contribution in [0.5, 0.6) is 0 Å². The van der Waals surface area contributed by atoms with Crippen LogP contribution in [0.15, 0.2) is 57.8 Å². The standard InChI is InChI=1S/C23H28N2O4S/c1-5-24(16-18-11-9-8-10-12-18)23(26)22-17(4)20-15-19(13-14-21(20)29-22)30(27,28)25(6-2)7-3/h8-15H,5-7,16H2,1-4H3. The molecule has 2 aromatic carbocycles. The zero-order chi connectivity index (χ0) is 21.9. The van der Waals surface area contributed by atoms with E-state index < -0.39 is 10.0 Å². The molecule has 7 heteroatoms. The van der Waals surface area contributed by atoms with Gasteiger partial charge in [0.15, 0.2) is 5.76 Å². The van der Waals surface area contributed by atoms with Crippen molar-refractivity contribution >= 4 is 26.9 Å². The minimum Gasteiger partial charge on any atom is -0.451 e. The highest BCUT2D eigenvalue weighted by atomic mass is 32.2. The fourth-order valence-electron chi connectivity index (χ4n) is 3.55. The molecule has 3 rings (SSSR count). The number of sulfonamides is 1. The van der Waals surface area contributed by atoms with E-state index in [2.05, 4.69) is 0 Å². The smallest absolute Gasteiger partial charge is 0.290 e. The van der Waals surface area contributed by atoms with Crippen LogP contribution in [0.25, 0.3) is 11.0 Å². The monoisotopic (exact) mass is 428 g/mol. The van der Waals surface area contributed by atoms with E-state index in [1.165, 1.54) is 10.4 Å². The molecule has 1 heterocycles. The molecule has 160 valence electrons. The Bertz CT molecular complexity index is 1130. The van der Waals surface area contributed by atoms with Crippen molar-refractivity contribution in [3.05, 3.63) is 65.4 Å². The van der Waals surface area contributed by atoms with Crippen LogP contribution in [0.3, 0.4) is 0 Å². The van der Waals surface area contributed by atoms with E-state index in [0.29, 0.717) is 42.7 Å². The maximum atomic E-state index is 13.2. The summed E-state index contributed by atoms with van der Waals surface area (Å²) in [4.78, 5) is 15.1. The fraction of sp³-hybridized carbons (Fsp3) is 0.348. The zero-order valence-corrected chi connectivity index (χ0v) is 18.7. The lowest BCUT2D eigenvalue weighted by molar-refractivity contribution is 0.0722. The lowest BCUT2D eigenvalue weighted by Crippen LogP contribution is -2.30. The molecule has 30 heavy (non-hydrogen) atoms. The number of hydrogen-bond acceptors (Lipinski definition) is 4. The average molecular weight is 429 g/mol. The summed E-state index contributed by atoms with van der Waals surface area (Å²) >= 11 is 0. The molecule has 0 saturated heterocycles.